The molecule has 0 aliphatic rings. The molecule has 124 valence electrons. The monoisotopic (exact) mass is 393 g/mol. The molecule has 0 saturated heterocycles. The molecule has 0 amide bonds. The number of hydrogen-bond acceptors (Lipinski definition) is 3. The van der Waals surface area contributed by atoms with Crippen molar-refractivity contribution in [3.8, 4) is 17.9 Å². The quantitative estimate of drug-likeness (QED) is 0.577. The Hall–Kier alpha value is -2.76. The molecule has 2 aromatic carbocycles. The Kier molecular flexibility index (Phi) is 5.38. The minimum absolute atomic E-state index is 0.00401. The van der Waals surface area contributed by atoms with Gasteiger partial charge < -0.3 is 9.30 Å². The van der Waals surface area contributed by atoms with Gasteiger partial charge in [-0.2, -0.15) is 10.5 Å². The minimum atomic E-state index is 0.00401. The Balaban J connectivity index is 2.12. The third-order valence-electron chi connectivity index (χ3n) is 4.09. The molecule has 0 bridgehead atoms. The molecule has 0 unspecified atom stereocenters. The number of aromatic nitrogens is 1. The molecule has 1 aromatic heterocycles. The summed E-state index contributed by atoms with van der Waals surface area (Å²) in [5.74, 6) is 0.681. The van der Waals surface area contributed by atoms with Crippen molar-refractivity contribution in [3.63, 3.8) is 0 Å². The molecule has 5 heteroatoms. The first-order valence-corrected chi connectivity index (χ1v) is 8.75. The predicted molar refractivity (Wildman–Crippen MR) is 100 cm³/mol. The van der Waals surface area contributed by atoms with Crippen LogP contribution in [0.15, 0.2) is 59.2 Å². The normalized spacial score (nSPS) is 11.6. The summed E-state index contributed by atoms with van der Waals surface area (Å²) in [6.45, 7) is 0.00401. The summed E-state index contributed by atoms with van der Waals surface area (Å²) in [6.07, 6.45) is 3.17. The van der Waals surface area contributed by atoms with E-state index in [2.05, 4.69) is 38.7 Å². The molecule has 4 nitrogen and oxygen atoms in total. The first kappa shape index (κ1) is 17.1. The summed E-state index contributed by atoms with van der Waals surface area (Å²) in [5, 5.41) is 18.9. The van der Waals surface area contributed by atoms with Crippen molar-refractivity contribution in [2.75, 3.05) is 6.61 Å². The van der Waals surface area contributed by atoms with Gasteiger partial charge in [0.25, 0.3) is 0 Å². The average molecular weight is 394 g/mol. The summed E-state index contributed by atoms with van der Waals surface area (Å²) >= 11 is 3.53. The van der Waals surface area contributed by atoms with Crippen LogP contribution in [-0.2, 0) is 0 Å². The first-order valence-electron chi connectivity index (χ1n) is 7.96. The van der Waals surface area contributed by atoms with Gasteiger partial charge in [-0.25, -0.2) is 0 Å². The van der Waals surface area contributed by atoms with Gasteiger partial charge in [0.15, 0.2) is 6.61 Å². The molecule has 1 atom stereocenters. The van der Waals surface area contributed by atoms with E-state index in [1.807, 2.05) is 48.7 Å². The largest absolute Gasteiger partial charge is 0.477 e. The van der Waals surface area contributed by atoms with Gasteiger partial charge in [-0.1, -0.05) is 40.2 Å². The molecule has 3 rings (SSSR count). The Labute approximate surface area is 155 Å². The third-order valence-corrected chi connectivity index (χ3v) is 4.59. The SMILES string of the molecule is N#CCC[C@H](c1cccc(Br)c1)n1ccc2cccc(OCC#N)c21. The molecule has 3 aromatic rings. The van der Waals surface area contributed by atoms with E-state index in [1.54, 1.807) is 0 Å². The van der Waals surface area contributed by atoms with Crippen molar-refractivity contribution < 1.29 is 4.74 Å². The maximum absolute atomic E-state index is 9.07. The lowest BCUT2D eigenvalue weighted by molar-refractivity contribution is 0.369. The topological polar surface area (TPSA) is 61.7 Å². The number of nitriles is 2. The van der Waals surface area contributed by atoms with Crippen LogP contribution in [0.1, 0.15) is 24.4 Å². The fourth-order valence-corrected chi connectivity index (χ4v) is 3.47. The van der Waals surface area contributed by atoms with E-state index in [1.165, 1.54) is 0 Å². The number of fused-ring (bicyclic) bond motifs is 1. The van der Waals surface area contributed by atoms with E-state index in [0.29, 0.717) is 18.6 Å². The maximum Gasteiger partial charge on any atom is 0.174 e. The van der Waals surface area contributed by atoms with Crippen LogP contribution in [0.4, 0.5) is 0 Å². The fourth-order valence-electron chi connectivity index (χ4n) is 3.05. The van der Waals surface area contributed by atoms with Crippen molar-refractivity contribution in [1.29, 1.82) is 10.5 Å². The zero-order valence-electron chi connectivity index (χ0n) is 13.5. The molecule has 0 radical (unpaired) electrons. The van der Waals surface area contributed by atoms with E-state index in [0.717, 1.165) is 20.9 Å². The molecule has 0 aliphatic heterocycles. The van der Waals surface area contributed by atoms with Crippen molar-refractivity contribution in [3.05, 3.63) is 64.8 Å². The van der Waals surface area contributed by atoms with Crippen LogP contribution in [0.25, 0.3) is 10.9 Å². The zero-order chi connectivity index (χ0) is 17.6. The standard InChI is InChI=1S/C20H16BrN3O/c21-17-6-1-5-16(14-17)18(7-3-10-22)24-12-9-15-4-2-8-19(20(15)24)25-13-11-23/h1-2,4-6,8-9,12,14,18H,3,7,13H2/t18-/m1/s1. The highest BCUT2D eigenvalue weighted by atomic mass is 79.9. The Morgan fingerprint density at radius 1 is 1.08 bits per heavy atom. The van der Waals surface area contributed by atoms with E-state index in [4.69, 9.17) is 15.3 Å². The van der Waals surface area contributed by atoms with Gasteiger partial charge in [-0.3, -0.25) is 0 Å². The molecule has 25 heavy (non-hydrogen) atoms. The van der Waals surface area contributed by atoms with Crippen LogP contribution in [0.3, 0.4) is 0 Å². The number of benzene rings is 2. The molecule has 0 fully saturated rings. The summed E-state index contributed by atoms with van der Waals surface area (Å²) in [4.78, 5) is 0. The van der Waals surface area contributed by atoms with E-state index < -0.39 is 0 Å². The second kappa shape index (κ2) is 7.88. The number of para-hydroxylation sites is 1. The highest BCUT2D eigenvalue weighted by Crippen LogP contribution is 2.34. The Bertz CT molecular complexity index is 965. The van der Waals surface area contributed by atoms with Crippen molar-refractivity contribution >= 4 is 26.8 Å². The Morgan fingerprint density at radius 3 is 2.68 bits per heavy atom. The van der Waals surface area contributed by atoms with Gasteiger partial charge in [0.1, 0.15) is 11.8 Å². The lowest BCUT2D eigenvalue weighted by Gasteiger charge is -2.21. The Morgan fingerprint density at radius 2 is 1.92 bits per heavy atom. The van der Waals surface area contributed by atoms with Crippen LogP contribution < -0.4 is 4.74 Å². The lowest BCUT2D eigenvalue weighted by Crippen LogP contribution is -2.10. The number of hydrogen-bond donors (Lipinski definition) is 0. The van der Waals surface area contributed by atoms with Gasteiger partial charge in [-0.05, 0) is 36.2 Å². The summed E-state index contributed by atoms with van der Waals surface area (Å²) in [7, 11) is 0. The molecular weight excluding hydrogens is 378 g/mol. The zero-order valence-corrected chi connectivity index (χ0v) is 15.1. The second-order valence-electron chi connectivity index (χ2n) is 5.63. The van der Waals surface area contributed by atoms with E-state index in [-0.39, 0.29) is 12.6 Å². The molecule has 0 N–H and O–H groups in total. The highest BCUT2D eigenvalue weighted by molar-refractivity contribution is 9.10. The van der Waals surface area contributed by atoms with E-state index in [9.17, 15) is 0 Å². The van der Waals surface area contributed by atoms with Crippen LogP contribution >= 0.6 is 15.9 Å². The van der Waals surface area contributed by atoms with Crippen LogP contribution in [0.5, 0.6) is 5.75 Å². The highest BCUT2D eigenvalue weighted by Gasteiger charge is 2.18. The van der Waals surface area contributed by atoms with Gasteiger partial charge in [-0.15, -0.1) is 0 Å². The lowest BCUT2D eigenvalue weighted by atomic mass is 10.0. The molecular formula is C20H16BrN3O. The summed E-state index contributed by atoms with van der Waals surface area (Å²) in [5.41, 5.74) is 2.07. The molecule has 0 saturated carbocycles. The first-order chi connectivity index (χ1) is 12.2. The number of halogens is 1. The van der Waals surface area contributed by atoms with Gasteiger partial charge in [0, 0.05) is 22.5 Å². The van der Waals surface area contributed by atoms with Crippen molar-refractivity contribution in [2.24, 2.45) is 0 Å². The smallest absolute Gasteiger partial charge is 0.174 e. The van der Waals surface area contributed by atoms with Crippen LogP contribution in [0.2, 0.25) is 0 Å². The van der Waals surface area contributed by atoms with Crippen molar-refractivity contribution in [1.82, 2.24) is 4.57 Å². The van der Waals surface area contributed by atoms with Crippen LogP contribution in [-0.4, -0.2) is 11.2 Å². The van der Waals surface area contributed by atoms with Crippen LogP contribution in [0, 0.1) is 22.7 Å². The molecule has 0 spiro atoms. The minimum Gasteiger partial charge on any atom is -0.477 e. The van der Waals surface area contributed by atoms with E-state index >= 15 is 0 Å². The van der Waals surface area contributed by atoms with Gasteiger partial charge in [0.2, 0.25) is 0 Å². The average Bonchev–Trinajstić information content (AvgIpc) is 3.05. The second-order valence-corrected chi connectivity index (χ2v) is 6.55. The third kappa shape index (κ3) is 3.68. The summed E-state index contributed by atoms with van der Waals surface area (Å²) in [6, 6.07) is 20.2. The van der Waals surface area contributed by atoms with Gasteiger partial charge >= 0.3 is 0 Å². The number of ether oxygens (including phenoxy) is 1. The molecule has 1 heterocycles. The van der Waals surface area contributed by atoms with Crippen molar-refractivity contribution in [2.45, 2.75) is 18.9 Å². The summed E-state index contributed by atoms with van der Waals surface area (Å²) < 4.78 is 8.77. The predicted octanol–water partition coefficient (Wildman–Crippen LogP) is 5.20. The molecule has 0 aliphatic carbocycles. The fraction of sp³-hybridized carbons (Fsp3) is 0.200. The number of nitrogens with zero attached hydrogens (tertiary/aromatic N) is 3. The number of rotatable bonds is 6. The van der Waals surface area contributed by atoms with Gasteiger partial charge in [0.05, 0.1) is 17.6 Å². The maximum atomic E-state index is 9.07.